The third-order valence-electron chi connectivity index (χ3n) is 6.86. The van der Waals surface area contributed by atoms with Gasteiger partial charge < -0.3 is 19.0 Å². The molecule has 1 fully saturated rings. The number of hydrogen-bond acceptors (Lipinski definition) is 7. The van der Waals surface area contributed by atoms with Crippen molar-refractivity contribution in [3.8, 4) is 28.4 Å². The van der Waals surface area contributed by atoms with Crippen LogP contribution in [0.2, 0.25) is 5.02 Å². The second kappa shape index (κ2) is 9.50. The number of benzene rings is 3. The number of nitrogens with zero attached hydrogens (tertiary/aromatic N) is 2. The van der Waals surface area contributed by atoms with Gasteiger partial charge >= 0.3 is 0 Å². The van der Waals surface area contributed by atoms with Crippen LogP contribution in [-0.4, -0.2) is 47.9 Å². The second-order valence-electron chi connectivity index (χ2n) is 9.17. The molecule has 0 aliphatic carbocycles. The predicted octanol–water partition coefficient (Wildman–Crippen LogP) is 4.87. The lowest BCUT2D eigenvalue weighted by Crippen LogP contribution is -2.45. The highest BCUT2D eigenvalue weighted by atomic mass is 35.5. The average molecular weight is 505 g/mol. The third-order valence-corrected chi connectivity index (χ3v) is 7.12. The van der Waals surface area contributed by atoms with E-state index in [4.69, 9.17) is 25.5 Å². The molecular weight excluding hydrogens is 480 g/mol. The molecule has 0 atom stereocenters. The Morgan fingerprint density at radius 1 is 0.861 bits per heavy atom. The summed E-state index contributed by atoms with van der Waals surface area (Å²) in [5, 5.41) is 11.7. The van der Waals surface area contributed by atoms with Gasteiger partial charge in [0.25, 0.3) is 0 Å². The summed E-state index contributed by atoms with van der Waals surface area (Å²) in [5.41, 5.74) is 3.33. The number of rotatable bonds is 5. The summed E-state index contributed by atoms with van der Waals surface area (Å²) in [6.45, 7) is 5.09. The van der Waals surface area contributed by atoms with Gasteiger partial charge in [0, 0.05) is 44.3 Å². The molecule has 184 valence electrons. The maximum absolute atomic E-state index is 13.2. The summed E-state index contributed by atoms with van der Waals surface area (Å²) in [6.07, 6.45) is 1.47. The zero-order valence-electron chi connectivity index (χ0n) is 19.6. The SMILES string of the molecule is O=c1c(-c2ccc(Cl)cc2)coc2c(CN3CCN(Cc4ccc5c(c4)OCO5)CC3)c(O)ccc12. The third kappa shape index (κ3) is 4.41. The van der Waals surface area contributed by atoms with Crippen molar-refractivity contribution in [1.29, 1.82) is 0 Å². The minimum Gasteiger partial charge on any atom is -0.507 e. The summed E-state index contributed by atoms with van der Waals surface area (Å²) in [7, 11) is 0. The molecule has 2 aliphatic heterocycles. The fraction of sp³-hybridized carbons (Fsp3) is 0.250. The molecule has 7 nitrogen and oxygen atoms in total. The van der Waals surface area contributed by atoms with E-state index in [0.29, 0.717) is 33.7 Å². The molecule has 3 aromatic carbocycles. The Bertz CT molecular complexity index is 1480. The first-order valence-electron chi connectivity index (χ1n) is 11.9. The van der Waals surface area contributed by atoms with Gasteiger partial charge in [-0.1, -0.05) is 29.8 Å². The Kier molecular flexibility index (Phi) is 6.05. The van der Waals surface area contributed by atoms with Crippen molar-refractivity contribution in [3.63, 3.8) is 0 Å². The van der Waals surface area contributed by atoms with Crippen LogP contribution in [0.15, 0.2) is 70.1 Å². The lowest BCUT2D eigenvalue weighted by atomic mass is 10.0. The Hall–Kier alpha value is -3.52. The minimum atomic E-state index is -0.131. The first-order valence-corrected chi connectivity index (χ1v) is 12.3. The number of fused-ring (bicyclic) bond motifs is 2. The van der Waals surface area contributed by atoms with E-state index < -0.39 is 0 Å². The van der Waals surface area contributed by atoms with Gasteiger partial charge in [-0.2, -0.15) is 0 Å². The van der Waals surface area contributed by atoms with Crippen LogP contribution >= 0.6 is 11.6 Å². The topological polar surface area (TPSA) is 75.4 Å². The maximum Gasteiger partial charge on any atom is 0.231 e. The predicted molar refractivity (Wildman–Crippen MR) is 138 cm³/mol. The first kappa shape index (κ1) is 22.9. The van der Waals surface area contributed by atoms with E-state index in [1.807, 2.05) is 12.1 Å². The van der Waals surface area contributed by atoms with Crippen LogP contribution in [0.5, 0.6) is 17.2 Å². The molecule has 1 N–H and O–H groups in total. The van der Waals surface area contributed by atoms with Crippen molar-refractivity contribution in [1.82, 2.24) is 9.80 Å². The quantitative estimate of drug-likeness (QED) is 0.415. The molecule has 0 radical (unpaired) electrons. The highest BCUT2D eigenvalue weighted by molar-refractivity contribution is 6.30. The average Bonchev–Trinajstić information content (AvgIpc) is 3.36. The number of halogens is 1. The van der Waals surface area contributed by atoms with E-state index in [0.717, 1.165) is 49.8 Å². The Morgan fingerprint density at radius 3 is 2.36 bits per heavy atom. The van der Waals surface area contributed by atoms with E-state index in [2.05, 4.69) is 15.9 Å². The first-order chi connectivity index (χ1) is 17.5. The molecule has 8 heteroatoms. The lowest BCUT2D eigenvalue weighted by molar-refractivity contribution is 0.121. The molecule has 4 aromatic rings. The summed E-state index contributed by atoms with van der Waals surface area (Å²) in [4.78, 5) is 17.9. The van der Waals surface area contributed by atoms with Gasteiger partial charge in [-0.25, -0.2) is 0 Å². The van der Waals surface area contributed by atoms with Crippen molar-refractivity contribution in [2.24, 2.45) is 0 Å². The number of phenolic OH excluding ortho intramolecular Hbond substituents is 1. The van der Waals surface area contributed by atoms with Crippen molar-refractivity contribution < 1.29 is 19.0 Å². The molecule has 2 aliphatic rings. The van der Waals surface area contributed by atoms with Gasteiger partial charge in [-0.15, -0.1) is 0 Å². The number of hydrogen-bond donors (Lipinski definition) is 1. The fourth-order valence-corrected chi connectivity index (χ4v) is 4.98. The molecule has 3 heterocycles. The summed E-state index contributed by atoms with van der Waals surface area (Å²) < 4.78 is 16.8. The van der Waals surface area contributed by atoms with Crippen LogP contribution in [0.25, 0.3) is 22.1 Å². The molecule has 0 amide bonds. The van der Waals surface area contributed by atoms with Crippen LogP contribution in [0.1, 0.15) is 11.1 Å². The Labute approximate surface area is 213 Å². The van der Waals surface area contributed by atoms with Crippen LogP contribution in [-0.2, 0) is 13.1 Å². The Balaban J connectivity index is 1.17. The van der Waals surface area contributed by atoms with Gasteiger partial charge in [0.05, 0.1) is 16.5 Å². The maximum atomic E-state index is 13.2. The molecule has 36 heavy (non-hydrogen) atoms. The fourth-order valence-electron chi connectivity index (χ4n) is 4.86. The molecular formula is C28H25ClN2O5. The van der Waals surface area contributed by atoms with Gasteiger partial charge in [0.1, 0.15) is 17.6 Å². The van der Waals surface area contributed by atoms with E-state index in [9.17, 15) is 9.90 Å². The van der Waals surface area contributed by atoms with Gasteiger partial charge in [0.2, 0.25) is 12.2 Å². The van der Waals surface area contributed by atoms with E-state index in [-0.39, 0.29) is 18.0 Å². The largest absolute Gasteiger partial charge is 0.507 e. The zero-order chi connectivity index (χ0) is 24.6. The zero-order valence-corrected chi connectivity index (χ0v) is 20.3. The summed E-state index contributed by atoms with van der Waals surface area (Å²) >= 11 is 5.99. The summed E-state index contributed by atoms with van der Waals surface area (Å²) in [5.74, 6) is 1.73. The smallest absolute Gasteiger partial charge is 0.231 e. The van der Waals surface area contributed by atoms with E-state index >= 15 is 0 Å². The van der Waals surface area contributed by atoms with Crippen LogP contribution in [0.3, 0.4) is 0 Å². The van der Waals surface area contributed by atoms with E-state index in [1.54, 1.807) is 36.4 Å². The molecule has 0 saturated carbocycles. The van der Waals surface area contributed by atoms with Crippen molar-refractivity contribution in [2.45, 2.75) is 13.1 Å². The molecule has 6 rings (SSSR count). The van der Waals surface area contributed by atoms with Crippen LogP contribution < -0.4 is 14.9 Å². The molecule has 0 spiro atoms. The second-order valence-corrected chi connectivity index (χ2v) is 9.60. The number of piperazine rings is 1. The standard InChI is InChI=1S/C28H25ClN2O5/c29-20-4-2-19(3-5-20)23-16-34-28-21(27(23)33)6-7-24(32)22(28)15-31-11-9-30(10-12-31)14-18-1-8-25-26(13-18)36-17-35-25/h1-8,13,16,32H,9-12,14-15,17H2. The van der Waals surface area contributed by atoms with Crippen LogP contribution in [0.4, 0.5) is 0 Å². The molecule has 0 bridgehead atoms. The molecule has 0 unspecified atom stereocenters. The monoisotopic (exact) mass is 504 g/mol. The Morgan fingerprint density at radius 2 is 1.58 bits per heavy atom. The highest BCUT2D eigenvalue weighted by Crippen LogP contribution is 2.33. The normalized spacial score (nSPS) is 16.0. The van der Waals surface area contributed by atoms with Crippen molar-refractivity contribution >= 4 is 22.6 Å². The summed E-state index contributed by atoms with van der Waals surface area (Å²) in [6, 6.07) is 16.4. The van der Waals surface area contributed by atoms with E-state index in [1.165, 1.54) is 11.8 Å². The number of aromatic hydroxyl groups is 1. The minimum absolute atomic E-state index is 0.131. The number of ether oxygens (including phenoxy) is 2. The van der Waals surface area contributed by atoms with Crippen molar-refractivity contribution in [3.05, 3.63) is 87.2 Å². The van der Waals surface area contributed by atoms with Gasteiger partial charge in [-0.05, 0) is 47.5 Å². The molecule has 1 aromatic heterocycles. The molecule has 1 saturated heterocycles. The van der Waals surface area contributed by atoms with Crippen molar-refractivity contribution in [2.75, 3.05) is 33.0 Å². The van der Waals surface area contributed by atoms with Crippen LogP contribution in [0, 0.1) is 0 Å². The number of phenols is 1. The lowest BCUT2D eigenvalue weighted by Gasteiger charge is -2.34. The van der Waals surface area contributed by atoms with Gasteiger partial charge in [-0.3, -0.25) is 14.6 Å². The van der Waals surface area contributed by atoms with Gasteiger partial charge in [0.15, 0.2) is 11.5 Å². The highest BCUT2D eigenvalue weighted by Gasteiger charge is 2.22.